The molecule has 0 aliphatic carbocycles. The maximum absolute atomic E-state index is 12.3. The Bertz CT molecular complexity index is 697. The van der Waals surface area contributed by atoms with Crippen LogP contribution in [0.25, 0.3) is 0 Å². The van der Waals surface area contributed by atoms with Gasteiger partial charge in [-0.2, -0.15) is 0 Å². The molecule has 1 aromatic carbocycles. The second-order valence-electron chi connectivity index (χ2n) is 6.13. The molecule has 24 heavy (non-hydrogen) atoms. The fourth-order valence-electron chi connectivity index (χ4n) is 3.02. The molecule has 2 heterocycles. The first-order chi connectivity index (χ1) is 11.5. The summed E-state index contributed by atoms with van der Waals surface area (Å²) in [6.45, 7) is 1.36. The molecule has 0 aromatic heterocycles. The highest BCUT2D eigenvalue weighted by Gasteiger charge is 2.29. The molecular formula is C17H22N2O4S. The lowest BCUT2D eigenvalue weighted by Gasteiger charge is -2.29. The van der Waals surface area contributed by atoms with Crippen LogP contribution in [-0.4, -0.2) is 51.9 Å². The standard InChI is InChI=1S/C17H22N2O4S/c20-17(18-11-16-7-4-9-23-16)12-19(14-5-2-1-3-6-14)15-8-10-24(21,22)13-15/h1-3,5-6,8,10,15-16H,4,7,9,11-13H2,(H,18,20). The van der Waals surface area contributed by atoms with Crippen molar-refractivity contribution in [3.63, 3.8) is 0 Å². The van der Waals surface area contributed by atoms with E-state index in [1.165, 1.54) is 5.41 Å². The summed E-state index contributed by atoms with van der Waals surface area (Å²) in [4.78, 5) is 14.1. The Kier molecular flexibility index (Phi) is 5.20. The molecule has 1 amide bonds. The third kappa shape index (κ3) is 4.36. The monoisotopic (exact) mass is 350 g/mol. The van der Waals surface area contributed by atoms with Crippen LogP contribution in [0, 0.1) is 0 Å². The average molecular weight is 350 g/mol. The molecule has 7 heteroatoms. The van der Waals surface area contributed by atoms with Crippen molar-refractivity contribution in [1.29, 1.82) is 0 Å². The number of rotatable bonds is 6. The zero-order chi connectivity index (χ0) is 17.0. The normalized spacial score (nSPS) is 24.8. The van der Waals surface area contributed by atoms with Gasteiger partial charge in [-0.1, -0.05) is 18.2 Å². The number of nitrogens with one attached hydrogen (secondary N) is 1. The van der Waals surface area contributed by atoms with E-state index < -0.39 is 9.84 Å². The summed E-state index contributed by atoms with van der Waals surface area (Å²) in [6.07, 6.45) is 3.73. The summed E-state index contributed by atoms with van der Waals surface area (Å²) in [5, 5.41) is 4.12. The van der Waals surface area contributed by atoms with Gasteiger partial charge in [0.1, 0.15) is 0 Å². The van der Waals surface area contributed by atoms with E-state index in [2.05, 4.69) is 5.32 Å². The van der Waals surface area contributed by atoms with Gasteiger partial charge in [0, 0.05) is 24.2 Å². The summed E-state index contributed by atoms with van der Waals surface area (Å²) in [7, 11) is -3.18. The molecule has 2 aliphatic rings. The highest BCUT2D eigenvalue weighted by Crippen LogP contribution is 2.22. The Morgan fingerprint density at radius 3 is 2.71 bits per heavy atom. The molecule has 2 atom stereocenters. The van der Waals surface area contributed by atoms with Gasteiger partial charge in [0.05, 0.1) is 24.4 Å². The van der Waals surface area contributed by atoms with Gasteiger partial charge < -0.3 is 15.0 Å². The van der Waals surface area contributed by atoms with Crippen LogP contribution in [0.15, 0.2) is 41.8 Å². The minimum Gasteiger partial charge on any atom is -0.376 e. The minimum absolute atomic E-state index is 0.000903. The second-order valence-corrected chi connectivity index (χ2v) is 8.06. The number of nitrogens with zero attached hydrogens (tertiary/aromatic N) is 1. The molecule has 1 N–H and O–H groups in total. The number of anilines is 1. The smallest absolute Gasteiger partial charge is 0.239 e. The maximum atomic E-state index is 12.3. The van der Waals surface area contributed by atoms with E-state index >= 15 is 0 Å². The van der Waals surface area contributed by atoms with Crippen molar-refractivity contribution in [2.45, 2.75) is 25.0 Å². The largest absolute Gasteiger partial charge is 0.376 e. The molecule has 0 bridgehead atoms. The van der Waals surface area contributed by atoms with Crippen molar-refractivity contribution < 1.29 is 17.9 Å². The average Bonchev–Trinajstić information content (AvgIpc) is 3.21. The van der Waals surface area contributed by atoms with E-state index in [0.717, 1.165) is 25.1 Å². The Labute approximate surface area is 142 Å². The fourth-order valence-corrected chi connectivity index (χ4v) is 4.32. The van der Waals surface area contributed by atoms with Gasteiger partial charge in [-0.05, 0) is 31.1 Å². The number of amides is 1. The van der Waals surface area contributed by atoms with Gasteiger partial charge in [0.25, 0.3) is 0 Å². The lowest BCUT2D eigenvalue weighted by Crippen LogP contribution is -2.45. The van der Waals surface area contributed by atoms with Crippen LogP contribution in [0.2, 0.25) is 0 Å². The number of hydrogen-bond donors (Lipinski definition) is 1. The lowest BCUT2D eigenvalue weighted by atomic mass is 10.2. The van der Waals surface area contributed by atoms with Crippen LogP contribution in [0.5, 0.6) is 0 Å². The fraction of sp³-hybridized carbons (Fsp3) is 0.471. The van der Waals surface area contributed by atoms with Crippen LogP contribution < -0.4 is 10.2 Å². The van der Waals surface area contributed by atoms with Crippen molar-refractivity contribution >= 4 is 21.4 Å². The Balaban J connectivity index is 1.66. The van der Waals surface area contributed by atoms with E-state index in [1.54, 1.807) is 6.08 Å². The number of para-hydroxylation sites is 1. The number of sulfone groups is 1. The predicted molar refractivity (Wildman–Crippen MR) is 92.5 cm³/mol. The van der Waals surface area contributed by atoms with Crippen molar-refractivity contribution in [3.8, 4) is 0 Å². The molecule has 0 saturated carbocycles. The van der Waals surface area contributed by atoms with Crippen LogP contribution in [-0.2, 0) is 19.4 Å². The summed E-state index contributed by atoms with van der Waals surface area (Å²) >= 11 is 0. The molecule has 1 aromatic rings. The Morgan fingerprint density at radius 2 is 2.08 bits per heavy atom. The van der Waals surface area contributed by atoms with Gasteiger partial charge in [-0.15, -0.1) is 0 Å². The zero-order valence-electron chi connectivity index (χ0n) is 13.4. The van der Waals surface area contributed by atoms with Crippen LogP contribution >= 0.6 is 0 Å². The zero-order valence-corrected chi connectivity index (χ0v) is 14.2. The number of carbonyl (C=O) groups is 1. The molecule has 2 aliphatic heterocycles. The SMILES string of the molecule is O=C(CN(c1ccccc1)C1C=CS(=O)(=O)C1)NCC1CCCO1. The second kappa shape index (κ2) is 7.36. The first kappa shape index (κ1) is 17.0. The van der Waals surface area contributed by atoms with Gasteiger partial charge >= 0.3 is 0 Å². The minimum atomic E-state index is -3.18. The van der Waals surface area contributed by atoms with E-state index in [1.807, 2.05) is 35.2 Å². The van der Waals surface area contributed by atoms with Gasteiger partial charge in [-0.25, -0.2) is 8.42 Å². The Hall–Kier alpha value is -1.86. The highest BCUT2D eigenvalue weighted by molar-refractivity contribution is 7.94. The molecule has 1 fully saturated rings. The summed E-state index contributed by atoms with van der Waals surface area (Å²) < 4.78 is 29.0. The quantitative estimate of drug-likeness (QED) is 0.831. The lowest BCUT2D eigenvalue weighted by molar-refractivity contribution is -0.120. The van der Waals surface area contributed by atoms with E-state index in [0.29, 0.717) is 6.54 Å². The van der Waals surface area contributed by atoms with Crippen molar-refractivity contribution in [3.05, 3.63) is 41.8 Å². The molecule has 3 rings (SSSR count). The van der Waals surface area contributed by atoms with Crippen molar-refractivity contribution in [2.75, 3.05) is 30.3 Å². The molecular weight excluding hydrogens is 328 g/mol. The highest BCUT2D eigenvalue weighted by atomic mass is 32.2. The molecule has 6 nitrogen and oxygen atoms in total. The number of carbonyl (C=O) groups excluding carboxylic acids is 1. The van der Waals surface area contributed by atoms with E-state index in [9.17, 15) is 13.2 Å². The van der Waals surface area contributed by atoms with Crippen molar-refractivity contribution in [1.82, 2.24) is 5.32 Å². The number of hydrogen-bond acceptors (Lipinski definition) is 5. The van der Waals surface area contributed by atoms with Gasteiger partial charge in [0.15, 0.2) is 9.84 Å². The van der Waals surface area contributed by atoms with Crippen LogP contribution in [0.4, 0.5) is 5.69 Å². The molecule has 2 unspecified atom stereocenters. The summed E-state index contributed by atoms with van der Waals surface area (Å²) in [6, 6.07) is 9.07. The molecule has 0 spiro atoms. The molecule has 130 valence electrons. The van der Waals surface area contributed by atoms with Crippen molar-refractivity contribution in [2.24, 2.45) is 0 Å². The number of ether oxygens (including phenoxy) is 1. The van der Waals surface area contributed by atoms with E-state index in [-0.39, 0.29) is 30.4 Å². The topological polar surface area (TPSA) is 75.7 Å². The van der Waals surface area contributed by atoms with E-state index in [4.69, 9.17) is 4.74 Å². The van der Waals surface area contributed by atoms with Gasteiger partial charge in [0.2, 0.25) is 5.91 Å². The first-order valence-electron chi connectivity index (χ1n) is 8.14. The molecule has 1 saturated heterocycles. The number of benzene rings is 1. The summed E-state index contributed by atoms with van der Waals surface area (Å²) in [5.41, 5.74) is 0.830. The third-order valence-electron chi connectivity index (χ3n) is 4.26. The first-order valence-corrected chi connectivity index (χ1v) is 9.86. The van der Waals surface area contributed by atoms with Crippen LogP contribution in [0.3, 0.4) is 0 Å². The van der Waals surface area contributed by atoms with Crippen LogP contribution in [0.1, 0.15) is 12.8 Å². The predicted octanol–water partition coefficient (Wildman–Crippen LogP) is 1.10. The molecule has 0 radical (unpaired) electrons. The van der Waals surface area contributed by atoms with Gasteiger partial charge in [-0.3, -0.25) is 4.79 Å². The third-order valence-corrected chi connectivity index (χ3v) is 5.64. The Morgan fingerprint density at radius 1 is 1.29 bits per heavy atom. The summed E-state index contributed by atoms with van der Waals surface area (Å²) in [5.74, 6) is -0.131. The maximum Gasteiger partial charge on any atom is 0.239 e.